The zero-order valence-corrected chi connectivity index (χ0v) is 21.8. The first-order valence-corrected chi connectivity index (χ1v) is 12.6. The van der Waals surface area contributed by atoms with Crippen LogP contribution in [0.25, 0.3) is 0 Å². The smallest absolute Gasteiger partial charge is 0.338 e. The van der Waals surface area contributed by atoms with Crippen LogP contribution < -0.4 is 0 Å². The lowest BCUT2D eigenvalue weighted by Gasteiger charge is -2.24. The Kier molecular flexibility index (Phi) is 8.16. The summed E-state index contributed by atoms with van der Waals surface area (Å²) in [6.45, 7) is 1.93. The van der Waals surface area contributed by atoms with Crippen molar-refractivity contribution in [2.24, 2.45) is 11.8 Å². The number of rotatable bonds is 8. The summed E-state index contributed by atoms with van der Waals surface area (Å²) >= 11 is 3.42. The van der Waals surface area contributed by atoms with E-state index >= 15 is 0 Å². The quantitative estimate of drug-likeness (QED) is 0.181. The van der Waals surface area contributed by atoms with E-state index in [0.717, 1.165) is 10.0 Å². The summed E-state index contributed by atoms with van der Waals surface area (Å²) in [6.07, 6.45) is -0.407. The molecule has 0 spiro atoms. The molecule has 0 saturated heterocycles. The van der Waals surface area contributed by atoms with Crippen LogP contribution in [0.3, 0.4) is 0 Å². The molecule has 0 aromatic heterocycles. The molecule has 4 rings (SSSR count). The van der Waals surface area contributed by atoms with Crippen LogP contribution in [0.1, 0.15) is 39.6 Å². The molecular formula is C27H23BrN2O8. The molecule has 3 aromatic carbocycles. The fourth-order valence-corrected chi connectivity index (χ4v) is 4.84. The maximum atomic E-state index is 12.9. The summed E-state index contributed by atoms with van der Waals surface area (Å²) in [6, 6.07) is 18.0. The van der Waals surface area contributed by atoms with E-state index in [0.29, 0.717) is 12.8 Å². The summed E-state index contributed by atoms with van der Waals surface area (Å²) < 4.78 is 12.5. The van der Waals surface area contributed by atoms with Crippen LogP contribution in [0.15, 0.2) is 77.3 Å². The third kappa shape index (κ3) is 6.23. The minimum atomic E-state index is -0.764. The first-order chi connectivity index (χ1) is 18.1. The van der Waals surface area contributed by atoms with E-state index in [-0.39, 0.29) is 34.3 Å². The number of esters is 2. The van der Waals surface area contributed by atoms with Crippen molar-refractivity contribution in [1.29, 1.82) is 0 Å². The lowest BCUT2D eigenvalue weighted by atomic mass is 9.90. The molecule has 10 nitrogen and oxygen atoms in total. The van der Waals surface area contributed by atoms with Crippen molar-refractivity contribution >= 4 is 39.2 Å². The molecule has 0 radical (unpaired) electrons. The summed E-state index contributed by atoms with van der Waals surface area (Å²) in [5.74, 6) is -1.51. The molecule has 4 atom stereocenters. The highest BCUT2D eigenvalue weighted by molar-refractivity contribution is 9.10. The Balaban J connectivity index is 1.54. The van der Waals surface area contributed by atoms with E-state index in [1.54, 1.807) is 0 Å². The van der Waals surface area contributed by atoms with Crippen LogP contribution in [-0.2, 0) is 15.9 Å². The molecule has 1 aliphatic rings. The summed E-state index contributed by atoms with van der Waals surface area (Å²) in [4.78, 5) is 46.5. The Labute approximate surface area is 226 Å². The predicted molar refractivity (Wildman–Crippen MR) is 140 cm³/mol. The average molecular weight is 583 g/mol. The van der Waals surface area contributed by atoms with E-state index in [1.807, 2.05) is 31.2 Å². The lowest BCUT2D eigenvalue weighted by Crippen LogP contribution is -2.34. The minimum Gasteiger partial charge on any atom is -0.455 e. The number of non-ortho nitro benzene ring substituents is 2. The summed E-state index contributed by atoms with van der Waals surface area (Å²) in [7, 11) is 0. The zero-order valence-electron chi connectivity index (χ0n) is 20.2. The highest BCUT2D eigenvalue weighted by atomic mass is 79.9. The normalized spacial score (nSPS) is 20.5. The molecule has 0 N–H and O–H groups in total. The maximum absolute atomic E-state index is 12.9. The van der Waals surface area contributed by atoms with Crippen molar-refractivity contribution in [3.8, 4) is 0 Å². The van der Waals surface area contributed by atoms with E-state index in [1.165, 1.54) is 48.5 Å². The van der Waals surface area contributed by atoms with Crippen LogP contribution >= 0.6 is 15.9 Å². The molecule has 38 heavy (non-hydrogen) atoms. The number of hydrogen-bond acceptors (Lipinski definition) is 8. The first-order valence-electron chi connectivity index (χ1n) is 11.8. The minimum absolute atomic E-state index is 0.0282. The molecule has 0 aliphatic heterocycles. The van der Waals surface area contributed by atoms with Gasteiger partial charge in [-0.15, -0.1) is 0 Å². The Morgan fingerprint density at radius 3 is 1.76 bits per heavy atom. The van der Waals surface area contributed by atoms with Gasteiger partial charge in [0.1, 0.15) is 12.2 Å². The van der Waals surface area contributed by atoms with Gasteiger partial charge in [0.05, 0.1) is 21.0 Å². The molecule has 11 heteroatoms. The number of benzene rings is 3. The summed E-state index contributed by atoms with van der Waals surface area (Å²) in [5, 5.41) is 21.8. The van der Waals surface area contributed by atoms with Gasteiger partial charge in [0.2, 0.25) is 0 Å². The second kappa shape index (κ2) is 11.5. The van der Waals surface area contributed by atoms with Crippen LogP contribution in [-0.4, -0.2) is 34.0 Å². The molecule has 0 unspecified atom stereocenters. The van der Waals surface area contributed by atoms with Gasteiger partial charge in [-0.1, -0.05) is 35.0 Å². The number of carbonyl (C=O) groups is 2. The Morgan fingerprint density at radius 1 is 0.816 bits per heavy atom. The van der Waals surface area contributed by atoms with Gasteiger partial charge in [-0.25, -0.2) is 9.59 Å². The largest absolute Gasteiger partial charge is 0.455 e. The van der Waals surface area contributed by atoms with Gasteiger partial charge in [0.15, 0.2) is 0 Å². The van der Waals surface area contributed by atoms with E-state index < -0.39 is 34.0 Å². The molecule has 196 valence electrons. The molecule has 1 aliphatic carbocycles. The molecular weight excluding hydrogens is 560 g/mol. The van der Waals surface area contributed by atoms with Gasteiger partial charge < -0.3 is 9.47 Å². The number of nitro groups is 2. The molecule has 0 heterocycles. The third-order valence-corrected chi connectivity index (χ3v) is 7.23. The van der Waals surface area contributed by atoms with Crippen molar-refractivity contribution in [1.82, 2.24) is 0 Å². The lowest BCUT2D eigenvalue weighted by molar-refractivity contribution is -0.385. The van der Waals surface area contributed by atoms with E-state index in [4.69, 9.17) is 9.47 Å². The number of carbonyl (C=O) groups excluding carboxylic acids is 2. The van der Waals surface area contributed by atoms with Gasteiger partial charge in [0.25, 0.3) is 11.4 Å². The second-order valence-electron chi connectivity index (χ2n) is 9.11. The van der Waals surface area contributed by atoms with Gasteiger partial charge in [-0.05, 0) is 60.7 Å². The third-order valence-electron chi connectivity index (χ3n) is 6.70. The topological polar surface area (TPSA) is 139 Å². The van der Waals surface area contributed by atoms with Gasteiger partial charge in [-0.3, -0.25) is 20.2 Å². The highest BCUT2D eigenvalue weighted by Crippen LogP contribution is 2.39. The van der Waals surface area contributed by atoms with Gasteiger partial charge in [0, 0.05) is 34.7 Å². The molecule has 1 saturated carbocycles. The monoisotopic (exact) mass is 582 g/mol. The predicted octanol–water partition coefficient (Wildman–Crippen LogP) is 5.92. The fourth-order valence-electron chi connectivity index (χ4n) is 4.58. The zero-order chi connectivity index (χ0) is 27.4. The fraction of sp³-hybridized carbons (Fsp3) is 0.259. The van der Waals surface area contributed by atoms with Gasteiger partial charge >= 0.3 is 11.9 Å². The number of halogens is 1. The van der Waals surface area contributed by atoms with Crippen molar-refractivity contribution in [3.05, 3.63) is 114 Å². The van der Waals surface area contributed by atoms with Crippen LogP contribution in [0.4, 0.5) is 11.4 Å². The molecule has 1 fully saturated rings. The maximum Gasteiger partial charge on any atom is 0.338 e. The number of hydrogen-bond donors (Lipinski definition) is 0. The number of ether oxygens (including phenoxy) is 2. The average Bonchev–Trinajstić information content (AvgIpc) is 3.18. The van der Waals surface area contributed by atoms with Crippen molar-refractivity contribution in [2.75, 3.05) is 0 Å². The summed E-state index contributed by atoms with van der Waals surface area (Å²) in [5.41, 5.74) is 1.05. The van der Waals surface area contributed by atoms with Crippen LogP contribution in [0, 0.1) is 32.1 Å². The molecule has 3 aromatic rings. The van der Waals surface area contributed by atoms with Gasteiger partial charge in [-0.2, -0.15) is 0 Å². The Hall–Kier alpha value is -4.12. The number of nitrogens with zero attached hydrogens (tertiary/aromatic N) is 2. The van der Waals surface area contributed by atoms with Crippen LogP contribution in [0.5, 0.6) is 0 Å². The molecule has 0 bridgehead atoms. The van der Waals surface area contributed by atoms with Crippen molar-refractivity contribution in [2.45, 2.75) is 32.0 Å². The highest BCUT2D eigenvalue weighted by Gasteiger charge is 2.45. The Morgan fingerprint density at radius 2 is 1.29 bits per heavy atom. The SMILES string of the molecule is C[C@@H]1[C@@H](Cc2ccc(Br)cc2)C[C@@H](OC(=O)c2ccc([N+](=O)[O-])cc2)[C@@H]1OC(=O)c1ccc([N+](=O)[O-])cc1. The van der Waals surface area contributed by atoms with Crippen LogP contribution in [0.2, 0.25) is 0 Å². The number of nitro benzene ring substituents is 2. The first kappa shape index (κ1) is 26.9. The van der Waals surface area contributed by atoms with E-state index in [9.17, 15) is 29.8 Å². The second-order valence-corrected chi connectivity index (χ2v) is 10.0. The van der Waals surface area contributed by atoms with Crippen molar-refractivity contribution < 1.29 is 28.9 Å². The Bertz CT molecular complexity index is 1340. The van der Waals surface area contributed by atoms with Crippen molar-refractivity contribution in [3.63, 3.8) is 0 Å². The molecule has 0 amide bonds. The standard InChI is InChI=1S/C27H23BrN2O8/c1-16-20(14-17-2-8-21(28)9-3-17)15-24(37-26(31)18-4-10-22(11-5-18)29(33)34)25(16)38-27(32)19-6-12-23(13-7-19)30(35)36/h2-13,16,20,24-25H,14-15H2,1H3/t16-,20+,24-,25-/m1/s1. The van der Waals surface area contributed by atoms with E-state index in [2.05, 4.69) is 15.9 Å².